The smallest absolute Gasteiger partial charge is 0.251 e. The van der Waals surface area contributed by atoms with Crippen LogP contribution in [0.1, 0.15) is 23.2 Å². The van der Waals surface area contributed by atoms with E-state index in [9.17, 15) is 9.90 Å². The van der Waals surface area contributed by atoms with E-state index in [-0.39, 0.29) is 18.1 Å². The molecule has 0 atom stereocenters. The molecule has 0 heterocycles. The number of carbonyl (C=O) groups excluding carboxylic acids is 1. The van der Waals surface area contributed by atoms with Crippen LogP contribution < -0.4 is 14.8 Å². The second-order valence-electron chi connectivity index (χ2n) is 4.49. The first kappa shape index (κ1) is 14.0. The summed E-state index contributed by atoms with van der Waals surface area (Å²) >= 11 is 6.04. The van der Waals surface area contributed by atoms with Crippen LogP contribution in [0.25, 0.3) is 0 Å². The molecule has 5 nitrogen and oxygen atoms in total. The molecule has 1 aliphatic carbocycles. The fourth-order valence-corrected chi connectivity index (χ4v) is 2.31. The number of halogens is 1. The highest BCUT2D eigenvalue weighted by atomic mass is 35.5. The number of methoxy groups -OCH3 is 2. The minimum Gasteiger partial charge on any atom is -0.493 e. The Morgan fingerprint density at radius 3 is 2.58 bits per heavy atom. The summed E-state index contributed by atoms with van der Waals surface area (Å²) in [5.41, 5.74) is 0.407. The summed E-state index contributed by atoms with van der Waals surface area (Å²) < 4.78 is 10.2. The zero-order chi connectivity index (χ0) is 14.0. The third-order valence-corrected chi connectivity index (χ3v) is 3.42. The molecule has 1 amide bonds. The van der Waals surface area contributed by atoms with Crippen LogP contribution >= 0.6 is 11.6 Å². The van der Waals surface area contributed by atoms with Crippen molar-refractivity contribution in [3.8, 4) is 11.5 Å². The molecule has 6 heteroatoms. The van der Waals surface area contributed by atoms with Gasteiger partial charge in [0.15, 0.2) is 11.5 Å². The summed E-state index contributed by atoms with van der Waals surface area (Å²) in [6.45, 7) is 0. The van der Waals surface area contributed by atoms with Gasteiger partial charge in [-0.3, -0.25) is 4.79 Å². The lowest BCUT2D eigenvalue weighted by Gasteiger charge is -2.32. The van der Waals surface area contributed by atoms with Gasteiger partial charge in [0.2, 0.25) is 0 Å². The molecule has 0 bridgehead atoms. The molecule has 1 aliphatic rings. The van der Waals surface area contributed by atoms with Crippen molar-refractivity contribution in [3.63, 3.8) is 0 Å². The van der Waals surface area contributed by atoms with Gasteiger partial charge >= 0.3 is 0 Å². The van der Waals surface area contributed by atoms with Gasteiger partial charge in [-0.15, -0.1) is 0 Å². The van der Waals surface area contributed by atoms with E-state index in [1.165, 1.54) is 20.3 Å². The van der Waals surface area contributed by atoms with Crippen LogP contribution in [-0.4, -0.2) is 37.4 Å². The first-order valence-electron chi connectivity index (χ1n) is 5.95. The zero-order valence-electron chi connectivity index (χ0n) is 10.8. The zero-order valence-corrected chi connectivity index (χ0v) is 11.5. The molecule has 104 valence electrons. The van der Waals surface area contributed by atoms with E-state index in [0.717, 1.165) is 0 Å². The van der Waals surface area contributed by atoms with Crippen molar-refractivity contribution in [2.75, 3.05) is 14.2 Å². The van der Waals surface area contributed by atoms with Crippen molar-refractivity contribution in [2.45, 2.75) is 25.0 Å². The molecule has 0 aromatic heterocycles. The molecule has 1 aromatic carbocycles. The van der Waals surface area contributed by atoms with Crippen LogP contribution in [0.15, 0.2) is 12.1 Å². The van der Waals surface area contributed by atoms with Gasteiger partial charge in [0, 0.05) is 11.6 Å². The van der Waals surface area contributed by atoms with E-state index in [2.05, 4.69) is 5.32 Å². The largest absolute Gasteiger partial charge is 0.493 e. The topological polar surface area (TPSA) is 67.8 Å². The van der Waals surface area contributed by atoms with Gasteiger partial charge in [-0.25, -0.2) is 0 Å². The molecule has 1 aromatic rings. The summed E-state index contributed by atoms with van der Waals surface area (Å²) in [6, 6.07) is 3.14. The Labute approximate surface area is 116 Å². The van der Waals surface area contributed by atoms with Crippen LogP contribution in [0.3, 0.4) is 0 Å². The number of aliphatic hydroxyl groups excluding tert-OH is 1. The standard InChI is InChI=1S/C13H16ClNO4/c1-18-11-4-7(3-10(14)12(11)19-2)13(17)15-8-5-9(16)6-8/h3-4,8-9,16H,5-6H2,1-2H3,(H,15,17). The van der Waals surface area contributed by atoms with Crippen LogP contribution in [0.2, 0.25) is 5.02 Å². The maximum Gasteiger partial charge on any atom is 0.251 e. The number of benzene rings is 1. The number of nitrogens with one attached hydrogen (secondary N) is 1. The molecular formula is C13H16ClNO4. The van der Waals surface area contributed by atoms with E-state index in [0.29, 0.717) is 34.9 Å². The lowest BCUT2D eigenvalue weighted by Crippen LogP contribution is -2.46. The predicted octanol–water partition coefficient (Wildman–Crippen LogP) is 1.61. The van der Waals surface area contributed by atoms with Crippen molar-refractivity contribution in [3.05, 3.63) is 22.7 Å². The van der Waals surface area contributed by atoms with Crippen molar-refractivity contribution in [2.24, 2.45) is 0 Å². The summed E-state index contributed by atoms with van der Waals surface area (Å²) in [4.78, 5) is 12.0. The lowest BCUT2D eigenvalue weighted by molar-refractivity contribution is 0.0562. The normalized spacial score (nSPS) is 21.5. The average molecular weight is 286 g/mol. The van der Waals surface area contributed by atoms with E-state index < -0.39 is 0 Å². The summed E-state index contributed by atoms with van der Waals surface area (Å²) in [5.74, 6) is 0.577. The Bertz CT molecular complexity index is 486. The second-order valence-corrected chi connectivity index (χ2v) is 4.90. The number of carbonyl (C=O) groups is 1. The molecule has 0 saturated heterocycles. The van der Waals surface area contributed by atoms with Crippen LogP contribution in [-0.2, 0) is 0 Å². The number of hydrogen-bond donors (Lipinski definition) is 2. The summed E-state index contributed by atoms with van der Waals surface area (Å²) in [6.07, 6.45) is 0.874. The number of hydrogen-bond acceptors (Lipinski definition) is 4. The van der Waals surface area contributed by atoms with Gasteiger partial charge in [0.1, 0.15) is 0 Å². The van der Waals surface area contributed by atoms with Gasteiger partial charge in [-0.1, -0.05) is 11.6 Å². The van der Waals surface area contributed by atoms with Crippen molar-refractivity contribution >= 4 is 17.5 Å². The van der Waals surface area contributed by atoms with Gasteiger partial charge in [0.25, 0.3) is 5.91 Å². The Hall–Kier alpha value is -1.46. The van der Waals surface area contributed by atoms with Crippen molar-refractivity contribution in [1.82, 2.24) is 5.32 Å². The Kier molecular flexibility index (Phi) is 4.17. The summed E-state index contributed by atoms with van der Waals surface area (Å²) in [7, 11) is 2.97. The fraction of sp³-hybridized carbons (Fsp3) is 0.462. The first-order valence-corrected chi connectivity index (χ1v) is 6.33. The molecule has 0 radical (unpaired) electrons. The Morgan fingerprint density at radius 1 is 1.37 bits per heavy atom. The van der Waals surface area contributed by atoms with E-state index in [1.807, 2.05) is 0 Å². The van der Waals surface area contributed by atoms with Crippen LogP contribution in [0, 0.1) is 0 Å². The maximum atomic E-state index is 12.0. The van der Waals surface area contributed by atoms with E-state index in [4.69, 9.17) is 21.1 Å². The third-order valence-electron chi connectivity index (χ3n) is 3.14. The minimum absolute atomic E-state index is 0.0226. The van der Waals surface area contributed by atoms with Crippen LogP contribution in [0.5, 0.6) is 11.5 Å². The third kappa shape index (κ3) is 2.93. The van der Waals surface area contributed by atoms with E-state index >= 15 is 0 Å². The fourth-order valence-electron chi connectivity index (χ4n) is 2.02. The van der Waals surface area contributed by atoms with Crippen LogP contribution in [0.4, 0.5) is 0 Å². The molecule has 0 spiro atoms. The molecule has 19 heavy (non-hydrogen) atoms. The minimum atomic E-state index is -0.306. The molecular weight excluding hydrogens is 270 g/mol. The predicted molar refractivity (Wildman–Crippen MR) is 71.1 cm³/mol. The quantitative estimate of drug-likeness (QED) is 0.882. The van der Waals surface area contributed by atoms with Gasteiger partial charge in [-0.2, -0.15) is 0 Å². The van der Waals surface area contributed by atoms with Gasteiger partial charge < -0.3 is 19.9 Å². The van der Waals surface area contributed by atoms with Crippen molar-refractivity contribution < 1.29 is 19.4 Å². The molecule has 2 rings (SSSR count). The van der Waals surface area contributed by atoms with Crippen molar-refractivity contribution in [1.29, 1.82) is 0 Å². The number of ether oxygens (including phenoxy) is 2. The second kappa shape index (κ2) is 5.67. The Balaban J connectivity index is 2.15. The average Bonchev–Trinajstić information content (AvgIpc) is 2.35. The molecule has 2 N–H and O–H groups in total. The molecule has 1 fully saturated rings. The van der Waals surface area contributed by atoms with Gasteiger partial charge in [0.05, 0.1) is 25.3 Å². The number of amides is 1. The SMILES string of the molecule is COc1cc(C(=O)NC2CC(O)C2)cc(Cl)c1OC. The highest BCUT2D eigenvalue weighted by Crippen LogP contribution is 2.36. The number of rotatable bonds is 4. The molecule has 0 aliphatic heterocycles. The highest BCUT2D eigenvalue weighted by Gasteiger charge is 2.29. The first-order chi connectivity index (χ1) is 9.05. The summed E-state index contributed by atoms with van der Waals surface area (Å²) in [5, 5.41) is 12.3. The molecule has 0 unspecified atom stereocenters. The van der Waals surface area contributed by atoms with Gasteiger partial charge in [-0.05, 0) is 25.0 Å². The monoisotopic (exact) mass is 285 g/mol. The maximum absolute atomic E-state index is 12.0. The lowest BCUT2D eigenvalue weighted by atomic mass is 9.89. The molecule has 1 saturated carbocycles. The Morgan fingerprint density at radius 2 is 2.05 bits per heavy atom. The number of aliphatic hydroxyl groups is 1. The van der Waals surface area contributed by atoms with E-state index in [1.54, 1.807) is 6.07 Å². The highest BCUT2D eigenvalue weighted by molar-refractivity contribution is 6.32.